The molecule has 4 aromatic rings. The molecule has 0 bridgehead atoms. The summed E-state index contributed by atoms with van der Waals surface area (Å²) >= 11 is 12.8. The molecule has 0 unspecified atom stereocenters. The third-order valence-corrected chi connectivity index (χ3v) is 7.64. The summed E-state index contributed by atoms with van der Waals surface area (Å²) in [5.41, 5.74) is -0.363. The average molecular weight is 585 g/mol. The summed E-state index contributed by atoms with van der Waals surface area (Å²) < 4.78 is 9.64. The molecule has 40 heavy (non-hydrogen) atoms. The van der Waals surface area contributed by atoms with Crippen LogP contribution in [-0.4, -0.2) is 37.7 Å². The molecule has 210 valence electrons. The summed E-state index contributed by atoms with van der Waals surface area (Å²) in [5, 5.41) is 4.31. The molecule has 2 aromatic heterocycles. The first-order valence-corrected chi connectivity index (χ1v) is 14.0. The van der Waals surface area contributed by atoms with Gasteiger partial charge in [0.1, 0.15) is 5.82 Å². The Balaban J connectivity index is 1.81. The molecule has 1 aliphatic heterocycles. The van der Waals surface area contributed by atoms with Gasteiger partial charge in [-0.25, -0.2) is 14.3 Å². The van der Waals surface area contributed by atoms with Crippen molar-refractivity contribution in [2.45, 2.75) is 46.9 Å². The van der Waals surface area contributed by atoms with E-state index in [0.717, 1.165) is 30.5 Å². The predicted octanol–water partition coefficient (Wildman–Crippen LogP) is 4.87. The van der Waals surface area contributed by atoms with Crippen LogP contribution < -0.4 is 16.6 Å². The number of carbonyl (C=O) groups excluding carboxylic acids is 1. The first kappa shape index (κ1) is 28.1. The van der Waals surface area contributed by atoms with Gasteiger partial charge in [0.25, 0.3) is 5.56 Å². The van der Waals surface area contributed by atoms with Gasteiger partial charge in [-0.05, 0) is 89.0 Å². The van der Waals surface area contributed by atoms with E-state index in [2.05, 4.69) is 5.32 Å². The fourth-order valence-corrected chi connectivity index (χ4v) is 5.19. The number of aromatic nitrogens is 4. The van der Waals surface area contributed by atoms with Crippen LogP contribution in [0.3, 0.4) is 0 Å². The number of carbonyl (C=O) groups is 1. The maximum absolute atomic E-state index is 14.1. The number of imidazole rings is 1. The summed E-state index contributed by atoms with van der Waals surface area (Å²) in [7, 11) is 0. The highest BCUT2D eigenvalue weighted by Gasteiger charge is 2.28. The van der Waals surface area contributed by atoms with Crippen LogP contribution in [0.4, 0.5) is 0 Å². The van der Waals surface area contributed by atoms with Crippen LogP contribution in [0.25, 0.3) is 28.2 Å². The van der Waals surface area contributed by atoms with E-state index in [1.54, 1.807) is 55.7 Å². The minimum absolute atomic E-state index is 0.178. The standard InChI is InChI=1S/C29H31Cl2N5O4/c1-29(2,3)27(38)40-17-35-26(37)23-25(34(28(35)39)16-18-12-14-32-15-13-18)33-24(21-6-4-5-7-22(21)31)36(23)20-10-8-19(30)9-11-20/h4-11,18,32H,12-17H2,1-3H3. The van der Waals surface area contributed by atoms with Gasteiger partial charge >= 0.3 is 11.7 Å². The summed E-state index contributed by atoms with van der Waals surface area (Å²) in [4.78, 5) is 45.4. The van der Waals surface area contributed by atoms with Crippen molar-refractivity contribution < 1.29 is 9.53 Å². The molecule has 3 heterocycles. The molecule has 1 N–H and O–H groups in total. The second kappa shape index (κ2) is 11.2. The van der Waals surface area contributed by atoms with Crippen LogP contribution in [0.2, 0.25) is 10.0 Å². The molecule has 0 saturated carbocycles. The third kappa shape index (κ3) is 5.46. The van der Waals surface area contributed by atoms with Crippen LogP contribution in [0.15, 0.2) is 58.1 Å². The van der Waals surface area contributed by atoms with E-state index in [1.807, 2.05) is 18.2 Å². The molecular formula is C29H31Cl2N5O4. The molecule has 0 amide bonds. The van der Waals surface area contributed by atoms with Crippen LogP contribution in [-0.2, 0) is 22.8 Å². The van der Waals surface area contributed by atoms with E-state index in [1.165, 1.54) is 4.57 Å². The normalized spacial score (nSPS) is 14.5. The molecular weight excluding hydrogens is 553 g/mol. The Hall–Kier alpha value is -3.40. The number of esters is 1. The Kier molecular flexibility index (Phi) is 7.90. The van der Waals surface area contributed by atoms with Crippen LogP contribution >= 0.6 is 23.2 Å². The number of piperidine rings is 1. The van der Waals surface area contributed by atoms with E-state index in [4.69, 9.17) is 32.9 Å². The number of hydrogen-bond donors (Lipinski definition) is 1. The maximum Gasteiger partial charge on any atom is 0.335 e. The lowest BCUT2D eigenvalue weighted by atomic mass is 9.98. The average Bonchev–Trinajstić information content (AvgIpc) is 3.32. The number of rotatable bonds is 6. The Morgan fingerprint density at radius 2 is 1.70 bits per heavy atom. The van der Waals surface area contributed by atoms with Crippen molar-refractivity contribution in [1.82, 2.24) is 24.0 Å². The van der Waals surface area contributed by atoms with Crippen molar-refractivity contribution >= 4 is 40.3 Å². The Bertz CT molecular complexity index is 1680. The number of nitrogens with one attached hydrogen (secondary N) is 1. The molecule has 5 rings (SSSR count). The third-order valence-electron chi connectivity index (χ3n) is 7.06. The Morgan fingerprint density at radius 1 is 1.02 bits per heavy atom. The monoisotopic (exact) mass is 583 g/mol. The lowest BCUT2D eigenvalue weighted by molar-refractivity contribution is -0.157. The van der Waals surface area contributed by atoms with E-state index >= 15 is 0 Å². The van der Waals surface area contributed by atoms with Crippen LogP contribution in [0.5, 0.6) is 0 Å². The van der Waals surface area contributed by atoms with Crippen molar-refractivity contribution in [2.24, 2.45) is 11.3 Å². The van der Waals surface area contributed by atoms with E-state index < -0.39 is 29.4 Å². The Morgan fingerprint density at radius 3 is 2.35 bits per heavy atom. The summed E-state index contributed by atoms with van der Waals surface area (Å²) in [5.74, 6) is 0.0874. The molecule has 1 saturated heterocycles. The molecule has 2 aromatic carbocycles. The zero-order valence-electron chi connectivity index (χ0n) is 22.6. The van der Waals surface area contributed by atoms with Crippen molar-refractivity contribution in [1.29, 1.82) is 0 Å². The minimum Gasteiger partial charge on any atom is -0.443 e. The number of ether oxygens (including phenoxy) is 1. The minimum atomic E-state index is -0.801. The van der Waals surface area contributed by atoms with Gasteiger partial charge in [0.05, 0.1) is 10.4 Å². The van der Waals surface area contributed by atoms with Crippen molar-refractivity contribution in [3.05, 3.63) is 79.4 Å². The summed E-state index contributed by atoms with van der Waals surface area (Å²) in [6.45, 7) is 6.67. The molecule has 0 atom stereocenters. The first-order chi connectivity index (χ1) is 19.1. The van der Waals surface area contributed by atoms with Gasteiger partial charge in [-0.15, -0.1) is 0 Å². The number of nitrogens with zero attached hydrogens (tertiary/aromatic N) is 4. The van der Waals surface area contributed by atoms with Gasteiger partial charge in [-0.3, -0.25) is 18.7 Å². The largest absolute Gasteiger partial charge is 0.443 e. The predicted molar refractivity (Wildman–Crippen MR) is 156 cm³/mol. The Labute approximate surface area is 241 Å². The molecule has 1 fully saturated rings. The van der Waals surface area contributed by atoms with Crippen molar-refractivity contribution in [3.63, 3.8) is 0 Å². The van der Waals surface area contributed by atoms with Gasteiger partial charge in [-0.1, -0.05) is 35.3 Å². The maximum atomic E-state index is 14.1. The van der Waals surface area contributed by atoms with Crippen molar-refractivity contribution in [2.75, 3.05) is 13.1 Å². The van der Waals surface area contributed by atoms with E-state index in [0.29, 0.717) is 33.7 Å². The smallest absolute Gasteiger partial charge is 0.335 e. The number of benzene rings is 2. The highest BCUT2D eigenvalue weighted by atomic mass is 35.5. The zero-order chi connectivity index (χ0) is 28.6. The van der Waals surface area contributed by atoms with E-state index in [9.17, 15) is 14.4 Å². The lowest BCUT2D eigenvalue weighted by Crippen LogP contribution is -2.43. The number of halogens is 2. The van der Waals surface area contributed by atoms with Gasteiger partial charge in [0, 0.05) is 22.8 Å². The van der Waals surface area contributed by atoms with Crippen LogP contribution in [0, 0.1) is 11.3 Å². The zero-order valence-corrected chi connectivity index (χ0v) is 24.1. The van der Waals surface area contributed by atoms with Gasteiger partial charge in [0.15, 0.2) is 17.9 Å². The highest BCUT2D eigenvalue weighted by Crippen LogP contribution is 2.32. The van der Waals surface area contributed by atoms with Gasteiger partial charge in [-0.2, -0.15) is 0 Å². The van der Waals surface area contributed by atoms with Crippen LogP contribution in [0.1, 0.15) is 33.6 Å². The summed E-state index contributed by atoms with van der Waals surface area (Å²) in [6.07, 6.45) is 1.75. The number of hydrogen-bond acceptors (Lipinski definition) is 6. The second-order valence-electron chi connectivity index (χ2n) is 11.0. The molecule has 9 nitrogen and oxygen atoms in total. The summed E-state index contributed by atoms with van der Waals surface area (Å²) in [6, 6.07) is 14.2. The second-order valence-corrected chi connectivity index (χ2v) is 11.9. The number of fused-ring (bicyclic) bond motifs is 1. The molecule has 0 radical (unpaired) electrons. The SMILES string of the molecule is CC(C)(C)C(=O)OCn1c(=O)c2c(nc(-c3ccccc3Cl)n2-c2ccc(Cl)cc2)n(CC2CCNCC2)c1=O. The van der Waals surface area contributed by atoms with Gasteiger partial charge in [0.2, 0.25) is 0 Å². The van der Waals surface area contributed by atoms with Gasteiger partial charge < -0.3 is 10.1 Å². The fraction of sp³-hybridized carbons (Fsp3) is 0.379. The first-order valence-electron chi connectivity index (χ1n) is 13.2. The fourth-order valence-electron chi connectivity index (χ4n) is 4.84. The molecule has 11 heteroatoms. The molecule has 1 aliphatic rings. The topological polar surface area (TPSA) is 100 Å². The lowest BCUT2D eigenvalue weighted by Gasteiger charge is -2.24. The quantitative estimate of drug-likeness (QED) is 0.325. The highest BCUT2D eigenvalue weighted by molar-refractivity contribution is 6.33. The molecule has 0 aliphatic carbocycles. The van der Waals surface area contributed by atoms with Crippen molar-refractivity contribution in [3.8, 4) is 17.1 Å². The molecule has 0 spiro atoms. The van der Waals surface area contributed by atoms with E-state index in [-0.39, 0.29) is 17.1 Å².